The topological polar surface area (TPSA) is 158 Å². The van der Waals surface area contributed by atoms with Gasteiger partial charge in [-0.15, -0.1) is 5.10 Å². The summed E-state index contributed by atoms with van der Waals surface area (Å²) in [5, 5.41) is 17.7. The number of carbonyl (C=O) groups excluding carboxylic acids is 3. The average Bonchev–Trinajstić information content (AvgIpc) is 3.48. The monoisotopic (exact) mass is 556 g/mol. The molecule has 1 aliphatic heterocycles. The largest absolute Gasteiger partial charge is 0.366 e. The van der Waals surface area contributed by atoms with Gasteiger partial charge in [-0.1, -0.05) is 24.1 Å². The van der Waals surface area contributed by atoms with Crippen LogP contribution in [0.3, 0.4) is 0 Å². The van der Waals surface area contributed by atoms with Gasteiger partial charge < -0.3 is 16.4 Å². The van der Waals surface area contributed by atoms with E-state index in [1.807, 2.05) is 12.1 Å². The third kappa shape index (κ3) is 6.21. The number of hydrogen-bond acceptors (Lipinski definition) is 7. The van der Waals surface area contributed by atoms with Gasteiger partial charge in [-0.2, -0.15) is 4.68 Å². The van der Waals surface area contributed by atoms with Crippen LogP contribution in [0.15, 0.2) is 67.1 Å². The van der Waals surface area contributed by atoms with E-state index in [9.17, 15) is 14.4 Å². The molecule has 4 aromatic rings. The van der Waals surface area contributed by atoms with Crippen LogP contribution in [0.1, 0.15) is 53.3 Å². The maximum absolute atomic E-state index is 13.1. The van der Waals surface area contributed by atoms with Crippen LogP contribution in [-0.4, -0.2) is 42.9 Å². The second-order valence-corrected chi connectivity index (χ2v) is 9.68. The van der Waals surface area contributed by atoms with Crippen molar-refractivity contribution in [1.82, 2.24) is 30.5 Å². The third-order valence-corrected chi connectivity index (χ3v) is 6.73. The number of carbonyl (C=O) groups is 3. The van der Waals surface area contributed by atoms with Crippen molar-refractivity contribution < 1.29 is 14.4 Å². The summed E-state index contributed by atoms with van der Waals surface area (Å²) in [5.74, 6) is -1.07. The maximum Gasteiger partial charge on any atom is 0.248 e. The molecule has 40 heavy (non-hydrogen) atoms. The van der Waals surface area contributed by atoms with Crippen molar-refractivity contribution in [3.63, 3.8) is 0 Å². The fourth-order valence-electron chi connectivity index (χ4n) is 4.52. The zero-order valence-corrected chi connectivity index (χ0v) is 22.0. The number of nitrogens with zero attached hydrogens (tertiary/aromatic N) is 5. The van der Waals surface area contributed by atoms with Crippen LogP contribution < -0.4 is 16.4 Å². The van der Waals surface area contributed by atoms with E-state index in [0.717, 1.165) is 5.56 Å². The van der Waals surface area contributed by atoms with Crippen LogP contribution >= 0.6 is 11.6 Å². The Kier molecular flexibility index (Phi) is 7.92. The van der Waals surface area contributed by atoms with Crippen LogP contribution in [0.2, 0.25) is 5.02 Å². The molecule has 0 aliphatic carbocycles. The van der Waals surface area contributed by atoms with E-state index in [0.29, 0.717) is 58.0 Å². The third-order valence-electron chi connectivity index (χ3n) is 6.49. The van der Waals surface area contributed by atoms with Crippen LogP contribution in [0.5, 0.6) is 0 Å². The summed E-state index contributed by atoms with van der Waals surface area (Å²) in [5.41, 5.74) is 9.72. The maximum atomic E-state index is 13.1. The number of anilines is 1. The summed E-state index contributed by atoms with van der Waals surface area (Å²) in [6, 6.07) is 13.4. The fraction of sp³-hybridized carbons (Fsp3) is 0.179. The number of rotatable bonds is 5. The highest BCUT2D eigenvalue weighted by molar-refractivity contribution is 6.30. The van der Waals surface area contributed by atoms with Gasteiger partial charge in [0.05, 0.1) is 17.4 Å². The van der Waals surface area contributed by atoms with Crippen LogP contribution in [-0.2, 0) is 9.59 Å². The Bertz CT molecular complexity index is 1600. The molecule has 11 nitrogen and oxygen atoms in total. The molecule has 2 aromatic carbocycles. The Hall–Kier alpha value is -4.90. The summed E-state index contributed by atoms with van der Waals surface area (Å²) in [6.07, 6.45) is 8.35. The number of primary amides is 1. The van der Waals surface area contributed by atoms with Crippen molar-refractivity contribution in [2.45, 2.75) is 31.7 Å². The Morgan fingerprint density at radius 2 is 2.00 bits per heavy atom. The van der Waals surface area contributed by atoms with Crippen molar-refractivity contribution >= 4 is 41.1 Å². The van der Waals surface area contributed by atoms with E-state index >= 15 is 0 Å². The van der Waals surface area contributed by atoms with Gasteiger partial charge in [0.15, 0.2) is 0 Å². The highest BCUT2D eigenvalue weighted by Gasteiger charge is 2.19. The predicted molar refractivity (Wildman–Crippen MR) is 149 cm³/mol. The second-order valence-electron chi connectivity index (χ2n) is 9.24. The number of hydrogen-bond donors (Lipinski definition) is 3. The van der Waals surface area contributed by atoms with Gasteiger partial charge in [0.25, 0.3) is 0 Å². The van der Waals surface area contributed by atoms with E-state index in [4.69, 9.17) is 17.3 Å². The number of amides is 3. The molecule has 5 rings (SSSR count). The number of halogens is 1. The quantitative estimate of drug-likeness (QED) is 0.315. The molecule has 0 fully saturated rings. The number of aromatic nitrogens is 5. The normalized spacial score (nSPS) is 15.4. The summed E-state index contributed by atoms with van der Waals surface area (Å²) in [6.45, 7) is 0. The molecule has 0 saturated heterocycles. The smallest absolute Gasteiger partial charge is 0.248 e. The van der Waals surface area contributed by atoms with Crippen molar-refractivity contribution in [3.8, 4) is 16.8 Å². The molecule has 202 valence electrons. The zero-order chi connectivity index (χ0) is 28.1. The fourth-order valence-corrected chi connectivity index (χ4v) is 4.70. The van der Waals surface area contributed by atoms with Crippen molar-refractivity contribution in [1.29, 1.82) is 0 Å². The molecule has 3 heterocycles. The number of nitrogens with one attached hydrogen (secondary N) is 2. The van der Waals surface area contributed by atoms with Crippen LogP contribution in [0.4, 0.5) is 5.69 Å². The molecule has 3 amide bonds. The highest BCUT2D eigenvalue weighted by Crippen LogP contribution is 2.32. The summed E-state index contributed by atoms with van der Waals surface area (Å²) in [7, 11) is 0. The van der Waals surface area contributed by atoms with Gasteiger partial charge >= 0.3 is 0 Å². The molecular weight excluding hydrogens is 532 g/mol. The van der Waals surface area contributed by atoms with Gasteiger partial charge in [-0.3, -0.25) is 19.4 Å². The first-order valence-electron chi connectivity index (χ1n) is 12.6. The molecule has 0 unspecified atom stereocenters. The molecular formula is C28H25ClN8O3. The highest BCUT2D eigenvalue weighted by atomic mass is 35.5. The molecule has 1 aliphatic rings. The molecule has 1 atom stereocenters. The van der Waals surface area contributed by atoms with Gasteiger partial charge in [0.2, 0.25) is 17.7 Å². The Balaban J connectivity index is 1.43. The number of pyridine rings is 1. The van der Waals surface area contributed by atoms with Gasteiger partial charge in [0, 0.05) is 46.1 Å². The standard InChI is InChI=1S/C28H25ClN8O3/c29-20-7-9-25(37-16-32-35-36-37)18(13-20)6-10-27(39)33-22-3-1-2-4-26(38)34-23-15-19(28(30)40)5-8-21(23)17-11-12-31-24(22)14-17/h5-16,22H,1-4H2,(H2,30,40)(H,33,39)(H,34,38)/b10-6+/t22-/m0/s1. The summed E-state index contributed by atoms with van der Waals surface area (Å²) in [4.78, 5) is 42.0. The number of benzene rings is 2. The van der Waals surface area contributed by atoms with Crippen molar-refractivity contribution in [3.05, 3.63) is 89.0 Å². The lowest BCUT2D eigenvalue weighted by atomic mass is 9.97. The Labute approximate surface area is 234 Å². The number of fused-ring (bicyclic) bond motifs is 4. The zero-order valence-electron chi connectivity index (χ0n) is 21.3. The summed E-state index contributed by atoms with van der Waals surface area (Å²) < 4.78 is 1.48. The van der Waals surface area contributed by atoms with Crippen LogP contribution in [0.25, 0.3) is 22.9 Å². The minimum atomic E-state index is -0.586. The van der Waals surface area contributed by atoms with Crippen molar-refractivity contribution in [2.75, 3.05) is 5.32 Å². The van der Waals surface area contributed by atoms with Gasteiger partial charge in [-0.25, -0.2) is 0 Å². The number of nitrogens with two attached hydrogens (primary N) is 1. The minimum Gasteiger partial charge on any atom is -0.366 e. The molecule has 0 spiro atoms. The number of tetrazole rings is 1. The van der Waals surface area contributed by atoms with Gasteiger partial charge in [0.1, 0.15) is 6.33 Å². The van der Waals surface area contributed by atoms with E-state index in [-0.39, 0.29) is 18.2 Å². The lowest BCUT2D eigenvalue weighted by molar-refractivity contribution is -0.118. The Morgan fingerprint density at radius 3 is 2.80 bits per heavy atom. The van der Waals surface area contributed by atoms with Crippen molar-refractivity contribution in [2.24, 2.45) is 5.73 Å². The Morgan fingerprint density at radius 1 is 1.12 bits per heavy atom. The van der Waals surface area contributed by atoms with Crippen LogP contribution in [0, 0.1) is 0 Å². The minimum absolute atomic E-state index is 0.166. The molecule has 2 aromatic heterocycles. The first-order chi connectivity index (χ1) is 19.4. The lowest BCUT2D eigenvalue weighted by Crippen LogP contribution is -2.28. The van der Waals surface area contributed by atoms with E-state index in [1.165, 1.54) is 17.1 Å². The lowest BCUT2D eigenvalue weighted by Gasteiger charge is -2.20. The predicted octanol–water partition coefficient (Wildman–Crippen LogP) is 3.86. The SMILES string of the molecule is NC(=O)c1ccc2c(c1)NC(=O)CCCC[C@H](NC(=O)/C=C/c1cc(Cl)ccc1-n1cnnn1)c1cc-2ccn1. The summed E-state index contributed by atoms with van der Waals surface area (Å²) >= 11 is 6.19. The molecule has 2 bridgehead atoms. The first kappa shape index (κ1) is 26.7. The first-order valence-corrected chi connectivity index (χ1v) is 13.0. The molecule has 12 heteroatoms. The molecule has 4 N–H and O–H groups in total. The molecule has 0 saturated carbocycles. The van der Waals surface area contributed by atoms with E-state index < -0.39 is 11.9 Å². The molecule has 0 radical (unpaired) electrons. The van der Waals surface area contributed by atoms with E-state index in [2.05, 4.69) is 31.1 Å². The van der Waals surface area contributed by atoms with E-state index in [1.54, 1.807) is 48.7 Å². The average molecular weight is 557 g/mol. The second kappa shape index (κ2) is 11.9. The van der Waals surface area contributed by atoms with Gasteiger partial charge in [-0.05, 0) is 77.4 Å².